The van der Waals surface area contributed by atoms with E-state index in [9.17, 15) is 9.18 Å². The fourth-order valence-electron chi connectivity index (χ4n) is 2.49. The summed E-state index contributed by atoms with van der Waals surface area (Å²) in [5.74, 6) is -0.189. The van der Waals surface area contributed by atoms with Gasteiger partial charge in [-0.3, -0.25) is 4.79 Å². The number of halogens is 2. The highest BCUT2D eigenvalue weighted by Gasteiger charge is 2.26. The van der Waals surface area contributed by atoms with Crippen LogP contribution in [-0.2, 0) is 4.79 Å². The summed E-state index contributed by atoms with van der Waals surface area (Å²) in [7, 11) is 0. The maximum absolute atomic E-state index is 13.6. The molecule has 2 rings (SSSR count). The van der Waals surface area contributed by atoms with Crippen molar-refractivity contribution in [3.8, 4) is 5.75 Å². The van der Waals surface area contributed by atoms with Gasteiger partial charge < -0.3 is 15.4 Å². The fourth-order valence-corrected chi connectivity index (χ4v) is 2.82. The standard InChI is InChI=1S/C15H20BrFN2O2/c1-10(18)11-3-2-6-19(8-11)15(20)9-21-14-5-4-12(16)7-13(14)17/h4-5,7,10-11H,2-3,6,8-9,18H2,1H3/t10-,11+/m0/s1. The summed E-state index contributed by atoms with van der Waals surface area (Å²) < 4.78 is 19.5. The first kappa shape index (κ1) is 16.2. The minimum atomic E-state index is -0.482. The molecular formula is C15H20BrFN2O2. The van der Waals surface area contributed by atoms with Gasteiger partial charge in [0.15, 0.2) is 18.2 Å². The molecule has 1 heterocycles. The molecule has 0 aliphatic carbocycles. The summed E-state index contributed by atoms with van der Waals surface area (Å²) in [6.07, 6.45) is 1.99. The third-order valence-electron chi connectivity index (χ3n) is 3.80. The Labute approximate surface area is 132 Å². The molecule has 1 amide bonds. The first-order chi connectivity index (χ1) is 9.97. The largest absolute Gasteiger partial charge is 0.481 e. The molecule has 6 heteroatoms. The molecule has 1 saturated heterocycles. The van der Waals surface area contributed by atoms with Crippen LogP contribution in [0.4, 0.5) is 4.39 Å². The molecule has 4 nitrogen and oxygen atoms in total. The summed E-state index contributed by atoms with van der Waals surface area (Å²) in [6, 6.07) is 4.57. The van der Waals surface area contributed by atoms with Gasteiger partial charge in [0.1, 0.15) is 0 Å². The topological polar surface area (TPSA) is 55.6 Å². The number of benzene rings is 1. The quantitative estimate of drug-likeness (QED) is 0.899. The molecule has 0 aromatic heterocycles. The highest BCUT2D eigenvalue weighted by atomic mass is 79.9. The molecule has 21 heavy (non-hydrogen) atoms. The second kappa shape index (κ2) is 7.22. The summed E-state index contributed by atoms with van der Waals surface area (Å²) in [5.41, 5.74) is 5.91. The van der Waals surface area contributed by atoms with Crippen LogP contribution in [0.25, 0.3) is 0 Å². The number of amides is 1. The molecule has 1 fully saturated rings. The third-order valence-corrected chi connectivity index (χ3v) is 4.29. The Hall–Kier alpha value is -1.14. The molecule has 2 N–H and O–H groups in total. The van der Waals surface area contributed by atoms with Gasteiger partial charge >= 0.3 is 0 Å². The maximum atomic E-state index is 13.6. The Kier molecular flexibility index (Phi) is 5.58. The van der Waals surface area contributed by atoms with Crippen molar-refractivity contribution in [2.75, 3.05) is 19.7 Å². The molecule has 0 radical (unpaired) electrons. The number of carbonyl (C=O) groups is 1. The van der Waals surface area contributed by atoms with Crippen molar-refractivity contribution in [1.29, 1.82) is 0 Å². The zero-order valence-corrected chi connectivity index (χ0v) is 13.6. The van der Waals surface area contributed by atoms with Crippen LogP contribution in [0, 0.1) is 11.7 Å². The summed E-state index contributed by atoms with van der Waals surface area (Å²) in [5, 5.41) is 0. The number of nitrogens with two attached hydrogens (primary N) is 1. The van der Waals surface area contributed by atoms with Crippen LogP contribution >= 0.6 is 15.9 Å². The second-order valence-electron chi connectivity index (χ2n) is 5.46. The molecule has 2 atom stereocenters. The van der Waals surface area contributed by atoms with Crippen molar-refractivity contribution >= 4 is 21.8 Å². The van der Waals surface area contributed by atoms with E-state index in [0.717, 1.165) is 12.8 Å². The van der Waals surface area contributed by atoms with Crippen molar-refractivity contribution < 1.29 is 13.9 Å². The molecule has 116 valence electrons. The lowest BCUT2D eigenvalue weighted by Crippen LogP contribution is -2.46. The predicted octanol–water partition coefficient (Wildman–Crippen LogP) is 2.55. The van der Waals surface area contributed by atoms with Crippen molar-refractivity contribution in [3.05, 3.63) is 28.5 Å². The minimum Gasteiger partial charge on any atom is -0.481 e. The van der Waals surface area contributed by atoms with E-state index in [1.807, 2.05) is 6.92 Å². The average molecular weight is 359 g/mol. The first-order valence-corrected chi connectivity index (χ1v) is 7.88. The van der Waals surface area contributed by atoms with Gasteiger partial charge in [-0.25, -0.2) is 4.39 Å². The number of carbonyl (C=O) groups excluding carboxylic acids is 1. The zero-order chi connectivity index (χ0) is 15.4. The fraction of sp³-hybridized carbons (Fsp3) is 0.533. The molecule has 0 unspecified atom stereocenters. The molecule has 0 bridgehead atoms. The van der Waals surface area contributed by atoms with E-state index in [1.165, 1.54) is 12.1 Å². The molecule has 1 aromatic rings. The zero-order valence-electron chi connectivity index (χ0n) is 12.0. The number of hydrogen-bond acceptors (Lipinski definition) is 3. The van der Waals surface area contributed by atoms with Crippen LogP contribution in [-0.4, -0.2) is 36.5 Å². The molecule has 0 spiro atoms. The minimum absolute atomic E-state index is 0.0745. The van der Waals surface area contributed by atoms with E-state index in [-0.39, 0.29) is 24.3 Å². The highest BCUT2D eigenvalue weighted by molar-refractivity contribution is 9.10. The van der Waals surface area contributed by atoms with E-state index in [1.54, 1.807) is 11.0 Å². The predicted molar refractivity (Wildman–Crippen MR) is 82.5 cm³/mol. The number of ether oxygens (including phenoxy) is 1. The van der Waals surface area contributed by atoms with E-state index in [4.69, 9.17) is 10.5 Å². The molecule has 1 aliphatic rings. The van der Waals surface area contributed by atoms with E-state index in [2.05, 4.69) is 15.9 Å². The lowest BCUT2D eigenvalue weighted by Gasteiger charge is -2.34. The SMILES string of the molecule is C[C@H](N)[C@@H]1CCCN(C(=O)COc2ccc(Br)cc2F)C1. The number of nitrogens with zero attached hydrogens (tertiary/aromatic N) is 1. The number of rotatable bonds is 4. The number of piperidine rings is 1. The maximum Gasteiger partial charge on any atom is 0.260 e. The molecule has 1 aromatic carbocycles. The first-order valence-electron chi connectivity index (χ1n) is 7.08. The Balaban J connectivity index is 1.89. The van der Waals surface area contributed by atoms with Gasteiger partial charge in [-0.05, 0) is 43.9 Å². The summed E-state index contributed by atoms with van der Waals surface area (Å²) in [6.45, 7) is 3.19. The Morgan fingerprint density at radius 2 is 2.38 bits per heavy atom. The van der Waals surface area contributed by atoms with Gasteiger partial charge in [0.05, 0.1) is 0 Å². The van der Waals surface area contributed by atoms with Crippen molar-refractivity contribution in [2.24, 2.45) is 11.7 Å². The lowest BCUT2D eigenvalue weighted by atomic mass is 9.92. The van der Waals surface area contributed by atoms with E-state index < -0.39 is 5.82 Å². The van der Waals surface area contributed by atoms with Gasteiger partial charge in [0.2, 0.25) is 0 Å². The van der Waals surface area contributed by atoms with Gasteiger partial charge in [-0.15, -0.1) is 0 Å². The van der Waals surface area contributed by atoms with Crippen LogP contribution in [0.15, 0.2) is 22.7 Å². The lowest BCUT2D eigenvalue weighted by molar-refractivity contribution is -0.135. The highest BCUT2D eigenvalue weighted by Crippen LogP contribution is 2.22. The van der Waals surface area contributed by atoms with Crippen LogP contribution in [0.2, 0.25) is 0 Å². The summed E-state index contributed by atoms with van der Waals surface area (Å²) >= 11 is 3.18. The normalized spacial score (nSPS) is 20.2. The second-order valence-corrected chi connectivity index (χ2v) is 6.38. The van der Waals surface area contributed by atoms with Crippen molar-refractivity contribution in [3.63, 3.8) is 0 Å². The number of hydrogen-bond donors (Lipinski definition) is 1. The van der Waals surface area contributed by atoms with Crippen molar-refractivity contribution in [2.45, 2.75) is 25.8 Å². The van der Waals surface area contributed by atoms with Crippen LogP contribution in [0.3, 0.4) is 0 Å². The van der Waals surface area contributed by atoms with Crippen LogP contribution in [0.1, 0.15) is 19.8 Å². The molecular weight excluding hydrogens is 339 g/mol. The van der Waals surface area contributed by atoms with Gasteiger partial charge in [-0.2, -0.15) is 0 Å². The van der Waals surface area contributed by atoms with E-state index in [0.29, 0.717) is 23.5 Å². The van der Waals surface area contributed by atoms with Gasteiger partial charge in [-0.1, -0.05) is 15.9 Å². The molecule has 0 saturated carbocycles. The Morgan fingerprint density at radius 3 is 3.05 bits per heavy atom. The Bertz CT molecular complexity index is 510. The monoisotopic (exact) mass is 358 g/mol. The number of likely N-dealkylation sites (tertiary alicyclic amines) is 1. The van der Waals surface area contributed by atoms with Crippen LogP contribution in [0.5, 0.6) is 5.75 Å². The van der Waals surface area contributed by atoms with Crippen molar-refractivity contribution in [1.82, 2.24) is 4.90 Å². The molecule has 1 aliphatic heterocycles. The summed E-state index contributed by atoms with van der Waals surface area (Å²) in [4.78, 5) is 13.9. The van der Waals surface area contributed by atoms with Crippen LogP contribution < -0.4 is 10.5 Å². The average Bonchev–Trinajstić information content (AvgIpc) is 2.46. The van der Waals surface area contributed by atoms with Gasteiger partial charge in [0.25, 0.3) is 5.91 Å². The van der Waals surface area contributed by atoms with E-state index >= 15 is 0 Å². The Morgan fingerprint density at radius 1 is 1.62 bits per heavy atom. The van der Waals surface area contributed by atoms with Gasteiger partial charge in [0, 0.05) is 23.6 Å². The smallest absolute Gasteiger partial charge is 0.260 e. The third kappa shape index (κ3) is 4.41.